The van der Waals surface area contributed by atoms with E-state index in [0.29, 0.717) is 25.1 Å². The highest BCUT2D eigenvalue weighted by molar-refractivity contribution is 5.94. The number of benzene rings is 2. The van der Waals surface area contributed by atoms with Gasteiger partial charge in [0, 0.05) is 30.2 Å². The fourth-order valence-corrected chi connectivity index (χ4v) is 3.21. The first-order chi connectivity index (χ1) is 13.2. The number of amides is 1. The molecule has 6 heteroatoms. The third kappa shape index (κ3) is 3.53. The van der Waals surface area contributed by atoms with Gasteiger partial charge >= 0.3 is 0 Å². The van der Waals surface area contributed by atoms with Crippen molar-refractivity contribution in [3.8, 4) is 11.8 Å². The fraction of sp³-hybridized carbons (Fsp3) is 0.190. The van der Waals surface area contributed by atoms with E-state index in [1.165, 1.54) is 0 Å². The topological polar surface area (TPSA) is 87.0 Å². The zero-order valence-corrected chi connectivity index (χ0v) is 14.7. The van der Waals surface area contributed by atoms with Crippen molar-refractivity contribution < 1.29 is 9.53 Å². The van der Waals surface area contributed by atoms with Crippen LogP contribution in [0.1, 0.15) is 17.5 Å². The molecule has 0 unspecified atom stereocenters. The number of hydrogen-bond acceptors (Lipinski definition) is 5. The molecule has 3 aromatic rings. The number of nitrogens with one attached hydrogen (secondary N) is 2. The summed E-state index contributed by atoms with van der Waals surface area (Å²) in [6, 6.07) is 15.6. The zero-order valence-electron chi connectivity index (χ0n) is 14.7. The maximum Gasteiger partial charge on any atom is 0.224 e. The van der Waals surface area contributed by atoms with E-state index in [1.807, 2.05) is 42.5 Å². The van der Waals surface area contributed by atoms with Crippen LogP contribution < -0.4 is 15.4 Å². The van der Waals surface area contributed by atoms with Gasteiger partial charge in [-0.25, -0.2) is 0 Å². The first kappa shape index (κ1) is 16.9. The molecule has 0 saturated heterocycles. The number of carbonyl (C=O) groups is 1. The molecule has 6 nitrogen and oxygen atoms in total. The van der Waals surface area contributed by atoms with Crippen LogP contribution >= 0.6 is 0 Å². The second-order valence-electron chi connectivity index (χ2n) is 6.32. The predicted octanol–water partition coefficient (Wildman–Crippen LogP) is 3.48. The van der Waals surface area contributed by atoms with E-state index >= 15 is 0 Å². The summed E-state index contributed by atoms with van der Waals surface area (Å²) in [5.74, 6) is 0.824. The molecule has 27 heavy (non-hydrogen) atoms. The van der Waals surface area contributed by atoms with E-state index in [0.717, 1.165) is 40.0 Å². The Morgan fingerprint density at radius 2 is 2.11 bits per heavy atom. The highest BCUT2D eigenvalue weighted by atomic mass is 16.5. The van der Waals surface area contributed by atoms with Gasteiger partial charge in [0.05, 0.1) is 16.8 Å². The van der Waals surface area contributed by atoms with Gasteiger partial charge in [0.25, 0.3) is 0 Å². The summed E-state index contributed by atoms with van der Waals surface area (Å²) < 4.78 is 5.83. The highest BCUT2D eigenvalue weighted by Gasteiger charge is 2.15. The minimum absolute atomic E-state index is 0.0539. The Bertz CT molecular complexity index is 1060. The average molecular weight is 358 g/mol. The maximum atomic E-state index is 11.4. The number of hydrogen-bond donors (Lipinski definition) is 2. The largest absolute Gasteiger partial charge is 0.492 e. The molecule has 2 heterocycles. The van der Waals surface area contributed by atoms with Gasteiger partial charge in [-0.2, -0.15) is 5.26 Å². The van der Waals surface area contributed by atoms with Crippen LogP contribution in [-0.4, -0.2) is 24.0 Å². The molecular formula is C21H18N4O2. The Hall–Kier alpha value is -3.59. The summed E-state index contributed by atoms with van der Waals surface area (Å²) in [5.41, 5.74) is 4.08. The van der Waals surface area contributed by atoms with E-state index in [2.05, 4.69) is 21.7 Å². The smallest absolute Gasteiger partial charge is 0.224 e. The third-order valence-corrected chi connectivity index (χ3v) is 4.54. The quantitative estimate of drug-likeness (QED) is 0.682. The van der Waals surface area contributed by atoms with E-state index in [-0.39, 0.29) is 5.91 Å². The van der Waals surface area contributed by atoms with Crippen LogP contribution in [0.15, 0.2) is 48.7 Å². The van der Waals surface area contributed by atoms with Crippen molar-refractivity contribution in [2.24, 2.45) is 0 Å². The number of rotatable bonds is 5. The molecule has 0 saturated carbocycles. The van der Waals surface area contributed by atoms with E-state index in [1.54, 1.807) is 6.20 Å². The Kier molecular flexibility index (Phi) is 4.58. The van der Waals surface area contributed by atoms with Gasteiger partial charge < -0.3 is 15.4 Å². The van der Waals surface area contributed by atoms with Crippen molar-refractivity contribution >= 4 is 28.2 Å². The number of aryl methyl sites for hydroxylation is 1. The lowest BCUT2D eigenvalue weighted by Crippen LogP contribution is -2.19. The number of pyridine rings is 1. The number of carbonyl (C=O) groups excluding carboxylic acids is 1. The molecule has 1 aliphatic rings. The van der Waals surface area contributed by atoms with Gasteiger partial charge in [-0.1, -0.05) is 18.2 Å². The summed E-state index contributed by atoms with van der Waals surface area (Å²) in [7, 11) is 0. The molecular weight excluding hydrogens is 340 g/mol. The number of ether oxygens (including phenoxy) is 1. The molecule has 134 valence electrons. The number of aromatic nitrogens is 1. The molecule has 4 rings (SSSR count). The minimum atomic E-state index is 0.0539. The van der Waals surface area contributed by atoms with Crippen LogP contribution in [0.3, 0.4) is 0 Å². The van der Waals surface area contributed by atoms with Gasteiger partial charge in [0.1, 0.15) is 18.4 Å². The fourth-order valence-electron chi connectivity index (χ4n) is 3.21. The van der Waals surface area contributed by atoms with Gasteiger partial charge in [-0.05, 0) is 36.2 Å². The summed E-state index contributed by atoms with van der Waals surface area (Å²) in [6.45, 7) is 1.00. The molecule has 1 aromatic heterocycles. The lowest BCUT2D eigenvalue weighted by Gasteiger charge is -2.18. The molecule has 0 aliphatic carbocycles. The molecule has 1 aliphatic heterocycles. The maximum absolute atomic E-state index is 11.4. The summed E-state index contributed by atoms with van der Waals surface area (Å²) in [4.78, 5) is 15.7. The lowest BCUT2D eigenvalue weighted by atomic mass is 10.0. The van der Waals surface area contributed by atoms with Crippen molar-refractivity contribution in [3.05, 3.63) is 59.8 Å². The molecule has 0 fully saturated rings. The van der Waals surface area contributed by atoms with Crippen LogP contribution in [0.5, 0.6) is 5.75 Å². The summed E-state index contributed by atoms with van der Waals surface area (Å²) in [6.07, 6.45) is 2.82. The second kappa shape index (κ2) is 7.34. The zero-order chi connectivity index (χ0) is 18.6. The number of anilines is 2. The highest BCUT2D eigenvalue weighted by Crippen LogP contribution is 2.27. The SMILES string of the molecule is N#Cc1cnc2ccccc2c1NCCOc1ccc2c(c1)CCC(=O)N2. The van der Waals surface area contributed by atoms with Crippen molar-refractivity contribution in [3.63, 3.8) is 0 Å². The van der Waals surface area contributed by atoms with Crippen LogP contribution in [0.25, 0.3) is 10.9 Å². The standard InChI is InChI=1S/C21H18N4O2/c22-12-15-13-24-19-4-2-1-3-17(19)21(15)23-9-10-27-16-6-7-18-14(11-16)5-8-20(26)25-18/h1-4,6-7,11,13H,5,8-10H2,(H,23,24)(H,25,26). The predicted molar refractivity (Wildman–Crippen MR) is 104 cm³/mol. The summed E-state index contributed by atoms with van der Waals surface area (Å²) >= 11 is 0. The van der Waals surface area contributed by atoms with E-state index < -0.39 is 0 Å². The molecule has 0 bridgehead atoms. The number of para-hydroxylation sites is 1. The van der Waals surface area contributed by atoms with Gasteiger partial charge in [0.2, 0.25) is 5.91 Å². The first-order valence-corrected chi connectivity index (χ1v) is 8.82. The van der Waals surface area contributed by atoms with Crippen LogP contribution in [0.2, 0.25) is 0 Å². The molecule has 0 spiro atoms. The van der Waals surface area contributed by atoms with Crippen molar-refractivity contribution in [1.29, 1.82) is 5.26 Å². The molecule has 2 aromatic carbocycles. The normalized spacial score (nSPS) is 12.8. The molecule has 1 amide bonds. The number of nitriles is 1. The first-order valence-electron chi connectivity index (χ1n) is 8.82. The monoisotopic (exact) mass is 358 g/mol. The molecule has 0 atom stereocenters. The Morgan fingerprint density at radius 1 is 1.22 bits per heavy atom. The third-order valence-electron chi connectivity index (χ3n) is 4.54. The van der Waals surface area contributed by atoms with Gasteiger partial charge in [-0.3, -0.25) is 9.78 Å². The van der Waals surface area contributed by atoms with Crippen LogP contribution in [-0.2, 0) is 11.2 Å². The van der Waals surface area contributed by atoms with Gasteiger partial charge in [0.15, 0.2) is 0 Å². The number of nitrogens with zero attached hydrogens (tertiary/aromatic N) is 2. The van der Waals surface area contributed by atoms with Crippen LogP contribution in [0.4, 0.5) is 11.4 Å². The Labute approximate surface area is 156 Å². The summed E-state index contributed by atoms with van der Waals surface area (Å²) in [5, 5.41) is 16.4. The minimum Gasteiger partial charge on any atom is -0.492 e. The number of fused-ring (bicyclic) bond motifs is 2. The molecule has 0 radical (unpaired) electrons. The van der Waals surface area contributed by atoms with E-state index in [4.69, 9.17) is 4.74 Å². The van der Waals surface area contributed by atoms with E-state index in [9.17, 15) is 10.1 Å². The Morgan fingerprint density at radius 3 is 3.00 bits per heavy atom. The van der Waals surface area contributed by atoms with Gasteiger partial charge in [-0.15, -0.1) is 0 Å². The van der Waals surface area contributed by atoms with Crippen molar-refractivity contribution in [1.82, 2.24) is 4.98 Å². The lowest BCUT2D eigenvalue weighted by molar-refractivity contribution is -0.116. The molecule has 2 N–H and O–H groups in total. The van der Waals surface area contributed by atoms with Crippen LogP contribution in [0, 0.1) is 11.3 Å². The Balaban J connectivity index is 1.42. The average Bonchev–Trinajstić information content (AvgIpc) is 2.71. The second-order valence-corrected chi connectivity index (χ2v) is 6.32. The van der Waals surface area contributed by atoms with Crippen molar-refractivity contribution in [2.45, 2.75) is 12.8 Å². The van der Waals surface area contributed by atoms with Crippen molar-refractivity contribution in [2.75, 3.05) is 23.8 Å².